The van der Waals surface area contributed by atoms with Gasteiger partial charge in [-0.3, -0.25) is 4.79 Å². The Morgan fingerprint density at radius 1 is 1.36 bits per heavy atom. The molecule has 6 heteroatoms. The Kier molecular flexibility index (Phi) is 6.15. The average Bonchev–Trinajstić information content (AvgIpc) is 3.45. The van der Waals surface area contributed by atoms with Gasteiger partial charge < -0.3 is 19.5 Å². The van der Waals surface area contributed by atoms with Gasteiger partial charge in [0.2, 0.25) is 6.29 Å². The minimum atomic E-state index is -0.478. The molecule has 1 saturated heterocycles. The van der Waals surface area contributed by atoms with Gasteiger partial charge >= 0.3 is 0 Å². The van der Waals surface area contributed by atoms with Crippen molar-refractivity contribution in [1.29, 1.82) is 0 Å². The summed E-state index contributed by atoms with van der Waals surface area (Å²) in [6.07, 6.45) is 2.90. The van der Waals surface area contributed by atoms with Crippen LogP contribution < -0.4 is 0 Å². The summed E-state index contributed by atoms with van der Waals surface area (Å²) >= 11 is 3.47. The Hall–Kier alpha value is -1.37. The van der Waals surface area contributed by atoms with Crippen LogP contribution in [0.5, 0.6) is 0 Å². The lowest BCUT2D eigenvalue weighted by Gasteiger charge is -2.37. The monoisotopic (exact) mass is 409 g/mol. The van der Waals surface area contributed by atoms with E-state index >= 15 is 0 Å². The van der Waals surface area contributed by atoms with E-state index in [0.717, 1.165) is 29.5 Å². The molecule has 136 valence electrons. The van der Waals surface area contributed by atoms with Crippen molar-refractivity contribution in [3.63, 3.8) is 0 Å². The highest BCUT2D eigenvalue weighted by molar-refractivity contribution is 9.10. The molecule has 0 radical (unpaired) electrons. The van der Waals surface area contributed by atoms with Gasteiger partial charge in [0.25, 0.3) is 5.91 Å². The summed E-state index contributed by atoms with van der Waals surface area (Å²) < 4.78 is 12.8. The summed E-state index contributed by atoms with van der Waals surface area (Å²) in [6, 6.07) is 8.13. The summed E-state index contributed by atoms with van der Waals surface area (Å²) in [4.78, 5) is 14.2. The van der Waals surface area contributed by atoms with E-state index in [0.29, 0.717) is 18.8 Å². The van der Waals surface area contributed by atoms with Gasteiger partial charge in [0.15, 0.2) is 5.76 Å². The number of allylic oxidation sites excluding steroid dienone is 1. The molecule has 0 saturated carbocycles. The summed E-state index contributed by atoms with van der Waals surface area (Å²) in [5, 5.41) is 9.26. The molecule has 25 heavy (non-hydrogen) atoms. The number of amides is 1. The molecule has 1 aromatic rings. The maximum atomic E-state index is 12.5. The molecule has 3 atom stereocenters. The first-order valence-corrected chi connectivity index (χ1v) is 9.59. The number of aliphatic hydroxyl groups excluding tert-OH is 1. The van der Waals surface area contributed by atoms with Gasteiger partial charge in [-0.05, 0) is 43.5 Å². The quantitative estimate of drug-likeness (QED) is 0.703. The maximum Gasteiger partial charge on any atom is 0.288 e. The van der Waals surface area contributed by atoms with Crippen molar-refractivity contribution in [3.05, 3.63) is 46.1 Å². The molecular weight excluding hydrogens is 386 g/mol. The molecule has 3 rings (SSSR count). The molecule has 1 aromatic carbocycles. The van der Waals surface area contributed by atoms with Crippen LogP contribution >= 0.6 is 15.9 Å². The third kappa shape index (κ3) is 4.43. The van der Waals surface area contributed by atoms with Crippen molar-refractivity contribution < 1.29 is 19.4 Å². The van der Waals surface area contributed by atoms with Crippen molar-refractivity contribution in [2.45, 2.75) is 32.0 Å². The fourth-order valence-corrected chi connectivity index (χ4v) is 3.50. The highest BCUT2D eigenvalue weighted by Crippen LogP contribution is 2.40. The number of aliphatic hydroxyl groups is 1. The van der Waals surface area contributed by atoms with Gasteiger partial charge in [-0.2, -0.15) is 0 Å². The van der Waals surface area contributed by atoms with Crippen LogP contribution in [0.15, 0.2) is 40.6 Å². The van der Waals surface area contributed by atoms with Crippen LogP contribution in [0, 0.1) is 5.92 Å². The molecule has 1 amide bonds. The summed E-state index contributed by atoms with van der Waals surface area (Å²) in [5.41, 5.74) is 1.12. The van der Waals surface area contributed by atoms with Gasteiger partial charge in [0.05, 0.1) is 0 Å². The molecule has 1 N–H and O–H groups in total. The second-order valence-electron chi connectivity index (χ2n) is 6.37. The lowest BCUT2D eigenvalue weighted by molar-refractivity contribution is -0.168. The SMILES string of the molecule is CCO[C@@H]1OC(C(=O)N2CC2)=C[C@H](c2ccc(Br)cc2)[C@H]1CCCO. The van der Waals surface area contributed by atoms with Crippen LogP contribution in [0.25, 0.3) is 0 Å². The van der Waals surface area contributed by atoms with E-state index in [2.05, 4.69) is 28.1 Å². The van der Waals surface area contributed by atoms with Gasteiger partial charge in [0.1, 0.15) is 0 Å². The maximum absolute atomic E-state index is 12.5. The molecular formula is C19H24BrNO4. The summed E-state index contributed by atoms with van der Waals surface area (Å²) in [5.74, 6) is 0.388. The molecule has 2 heterocycles. The lowest BCUT2D eigenvalue weighted by Crippen LogP contribution is -2.37. The molecule has 0 bridgehead atoms. The largest absolute Gasteiger partial charge is 0.459 e. The van der Waals surface area contributed by atoms with Crippen molar-refractivity contribution in [2.75, 3.05) is 26.3 Å². The zero-order valence-electron chi connectivity index (χ0n) is 14.4. The second-order valence-corrected chi connectivity index (χ2v) is 7.29. The van der Waals surface area contributed by atoms with Crippen molar-refractivity contribution >= 4 is 21.8 Å². The minimum absolute atomic E-state index is 0.0175. The number of benzene rings is 1. The van der Waals surface area contributed by atoms with Crippen LogP contribution in [0.4, 0.5) is 0 Å². The third-order valence-electron chi connectivity index (χ3n) is 4.61. The first-order valence-electron chi connectivity index (χ1n) is 8.79. The van der Waals surface area contributed by atoms with Crippen LogP contribution in [-0.4, -0.2) is 48.5 Å². The van der Waals surface area contributed by atoms with Crippen LogP contribution in [0.2, 0.25) is 0 Å². The fourth-order valence-electron chi connectivity index (χ4n) is 3.23. The predicted octanol–water partition coefficient (Wildman–Crippen LogP) is 3.04. The first kappa shape index (κ1) is 18.4. The molecule has 1 fully saturated rings. The zero-order valence-corrected chi connectivity index (χ0v) is 15.9. The van der Waals surface area contributed by atoms with Crippen LogP contribution in [0.1, 0.15) is 31.2 Å². The lowest BCUT2D eigenvalue weighted by atomic mass is 9.80. The molecule has 0 aromatic heterocycles. The van der Waals surface area contributed by atoms with Gasteiger partial charge in [-0.15, -0.1) is 0 Å². The van der Waals surface area contributed by atoms with E-state index in [1.165, 1.54) is 0 Å². The Labute approximate surface area is 156 Å². The molecule has 5 nitrogen and oxygen atoms in total. The van der Waals surface area contributed by atoms with Crippen LogP contribution in [-0.2, 0) is 14.3 Å². The average molecular weight is 410 g/mol. The smallest absolute Gasteiger partial charge is 0.288 e. The molecule has 0 spiro atoms. The minimum Gasteiger partial charge on any atom is -0.459 e. The highest BCUT2D eigenvalue weighted by Gasteiger charge is 2.40. The van der Waals surface area contributed by atoms with Crippen molar-refractivity contribution in [2.24, 2.45) is 5.92 Å². The molecule has 2 aliphatic rings. The Morgan fingerprint density at radius 2 is 2.08 bits per heavy atom. The van der Waals surface area contributed by atoms with Gasteiger partial charge in [-0.25, -0.2) is 0 Å². The van der Waals surface area contributed by atoms with E-state index in [4.69, 9.17) is 9.47 Å². The number of hydrogen-bond donors (Lipinski definition) is 1. The van der Waals surface area contributed by atoms with E-state index < -0.39 is 6.29 Å². The van der Waals surface area contributed by atoms with Gasteiger partial charge in [-0.1, -0.05) is 28.1 Å². The number of halogens is 1. The Balaban J connectivity index is 1.93. The van der Waals surface area contributed by atoms with Crippen molar-refractivity contribution in [1.82, 2.24) is 4.90 Å². The van der Waals surface area contributed by atoms with Crippen LogP contribution in [0.3, 0.4) is 0 Å². The predicted molar refractivity (Wildman–Crippen MR) is 97.9 cm³/mol. The molecule has 0 unspecified atom stereocenters. The van der Waals surface area contributed by atoms with E-state index in [1.807, 2.05) is 25.1 Å². The number of ether oxygens (including phenoxy) is 2. The van der Waals surface area contributed by atoms with E-state index in [9.17, 15) is 9.90 Å². The third-order valence-corrected chi connectivity index (χ3v) is 5.14. The molecule has 2 aliphatic heterocycles. The molecule has 0 aliphatic carbocycles. The topological polar surface area (TPSA) is 58.8 Å². The zero-order chi connectivity index (χ0) is 17.8. The van der Waals surface area contributed by atoms with Crippen molar-refractivity contribution in [3.8, 4) is 0 Å². The standard InChI is InChI=1S/C19H24BrNO4/c1-2-24-19-15(4-3-11-22)16(13-5-7-14(20)8-6-13)12-17(25-19)18(23)21-9-10-21/h5-8,12,15-16,19,22H,2-4,9-11H2,1H3/t15-,16-,19-/m1/s1. The van der Waals surface area contributed by atoms with Gasteiger partial charge in [0, 0.05) is 42.6 Å². The first-order chi connectivity index (χ1) is 12.1. The van der Waals surface area contributed by atoms with E-state index in [-0.39, 0.29) is 24.3 Å². The Morgan fingerprint density at radius 3 is 2.68 bits per heavy atom. The number of rotatable bonds is 7. The summed E-state index contributed by atoms with van der Waals surface area (Å²) in [6.45, 7) is 4.14. The number of carbonyl (C=O) groups is 1. The second kappa shape index (κ2) is 8.34. The number of carbonyl (C=O) groups excluding carboxylic acids is 1. The summed E-state index contributed by atoms with van der Waals surface area (Å²) in [7, 11) is 0. The normalized spacial score (nSPS) is 25.3. The highest BCUT2D eigenvalue weighted by atomic mass is 79.9. The Bertz CT molecular complexity index is 627. The number of nitrogens with zero attached hydrogens (tertiary/aromatic N) is 1. The number of hydrogen-bond acceptors (Lipinski definition) is 4. The fraction of sp³-hybridized carbons (Fsp3) is 0.526. The van der Waals surface area contributed by atoms with E-state index in [1.54, 1.807) is 4.90 Å².